The van der Waals surface area contributed by atoms with Gasteiger partial charge in [-0.3, -0.25) is 9.59 Å². The van der Waals surface area contributed by atoms with E-state index in [0.717, 1.165) is 42.3 Å². The molecule has 3 aromatic rings. The topological polar surface area (TPSA) is 101 Å². The smallest absolute Gasteiger partial charge is 0.313 e. The number of ether oxygens (including phenoxy) is 2. The van der Waals surface area contributed by atoms with Gasteiger partial charge in [0.25, 0.3) is 0 Å². The van der Waals surface area contributed by atoms with Crippen molar-refractivity contribution in [2.45, 2.75) is 51.6 Å². The Balaban J connectivity index is 1.36. The summed E-state index contributed by atoms with van der Waals surface area (Å²) in [7, 11) is 0. The molecule has 1 atom stereocenters. The lowest BCUT2D eigenvalue weighted by molar-refractivity contribution is -0.142. The number of pyridine rings is 1. The van der Waals surface area contributed by atoms with Gasteiger partial charge in [0.1, 0.15) is 17.7 Å². The van der Waals surface area contributed by atoms with Crippen molar-refractivity contribution in [2.75, 3.05) is 29.9 Å². The van der Waals surface area contributed by atoms with Crippen LogP contribution in [0.3, 0.4) is 0 Å². The highest BCUT2D eigenvalue weighted by Gasteiger charge is 2.29. The summed E-state index contributed by atoms with van der Waals surface area (Å²) in [5.74, 6) is 1.68. The predicted octanol–water partition coefficient (Wildman–Crippen LogP) is 5.07. The number of carboxylic acid groups (broad SMARTS) is 1. The maximum Gasteiger partial charge on any atom is 0.313 e. The fourth-order valence-electron chi connectivity index (χ4n) is 4.45. The first kappa shape index (κ1) is 27.0. The molecule has 0 unspecified atom stereocenters. The third-order valence-corrected chi connectivity index (χ3v) is 6.72. The molecule has 1 amide bonds. The number of piperidine rings is 1. The third kappa shape index (κ3) is 6.62. The second-order valence-electron chi connectivity index (χ2n) is 9.94. The maximum absolute atomic E-state index is 12.7. The Morgan fingerprint density at radius 3 is 2.50 bits per heavy atom. The molecule has 1 aliphatic rings. The van der Waals surface area contributed by atoms with Crippen molar-refractivity contribution in [3.8, 4) is 11.5 Å². The fraction of sp³-hybridized carbons (Fsp3) is 0.367. The predicted molar refractivity (Wildman–Crippen MR) is 147 cm³/mol. The molecule has 1 aliphatic heterocycles. The molecule has 1 aromatic heterocycles. The zero-order chi connectivity index (χ0) is 27.1. The van der Waals surface area contributed by atoms with Crippen LogP contribution in [0.4, 0.5) is 11.6 Å². The van der Waals surface area contributed by atoms with Gasteiger partial charge in [-0.1, -0.05) is 42.5 Å². The van der Waals surface area contributed by atoms with Crippen molar-refractivity contribution in [3.05, 3.63) is 77.9 Å². The standard InChI is InChI=1S/C30H35N3O5/c1-4-37-24-10-5-6-11-25(24)38-23-9-8-18-33(20-23)27-13-7-12-26(31-27)32-28(34)19-21-14-16-22(17-15-21)30(2,3)29(35)36/h5-7,10-17,23H,4,8-9,18-20H2,1-3H3,(H,35,36)(H,31,32,34)/t23-/m1/s1. The molecule has 2 heterocycles. The third-order valence-electron chi connectivity index (χ3n) is 6.72. The molecule has 8 nitrogen and oxygen atoms in total. The lowest BCUT2D eigenvalue weighted by atomic mass is 9.84. The van der Waals surface area contributed by atoms with E-state index in [4.69, 9.17) is 9.47 Å². The Morgan fingerprint density at radius 1 is 1.05 bits per heavy atom. The van der Waals surface area contributed by atoms with Crippen LogP contribution < -0.4 is 19.7 Å². The number of anilines is 2. The van der Waals surface area contributed by atoms with Crippen LogP contribution >= 0.6 is 0 Å². The highest BCUT2D eigenvalue weighted by atomic mass is 16.5. The van der Waals surface area contributed by atoms with Crippen LogP contribution in [0.2, 0.25) is 0 Å². The van der Waals surface area contributed by atoms with E-state index in [-0.39, 0.29) is 18.4 Å². The van der Waals surface area contributed by atoms with E-state index < -0.39 is 11.4 Å². The van der Waals surface area contributed by atoms with Gasteiger partial charge in [0.2, 0.25) is 5.91 Å². The number of para-hydroxylation sites is 2. The molecule has 1 fully saturated rings. The van der Waals surface area contributed by atoms with Gasteiger partial charge in [0.15, 0.2) is 11.5 Å². The zero-order valence-corrected chi connectivity index (χ0v) is 22.1. The van der Waals surface area contributed by atoms with E-state index in [1.165, 1.54) is 0 Å². The second kappa shape index (κ2) is 12.0. The molecule has 200 valence electrons. The van der Waals surface area contributed by atoms with Crippen LogP contribution in [0.5, 0.6) is 11.5 Å². The molecular weight excluding hydrogens is 482 g/mol. The van der Waals surface area contributed by atoms with Crippen molar-refractivity contribution in [1.29, 1.82) is 0 Å². The molecular formula is C30H35N3O5. The van der Waals surface area contributed by atoms with E-state index in [1.54, 1.807) is 44.2 Å². The van der Waals surface area contributed by atoms with Crippen LogP contribution in [0.25, 0.3) is 0 Å². The lowest BCUT2D eigenvalue weighted by Gasteiger charge is -2.34. The normalized spacial score (nSPS) is 15.6. The number of aliphatic carboxylic acids is 1. The summed E-state index contributed by atoms with van der Waals surface area (Å²) in [4.78, 5) is 31.0. The Morgan fingerprint density at radius 2 is 1.79 bits per heavy atom. The minimum Gasteiger partial charge on any atom is -0.490 e. The van der Waals surface area contributed by atoms with Gasteiger partial charge in [-0.2, -0.15) is 0 Å². The van der Waals surface area contributed by atoms with Gasteiger partial charge in [-0.15, -0.1) is 0 Å². The van der Waals surface area contributed by atoms with E-state index in [2.05, 4.69) is 15.2 Å². The molecule has 38 heavy (non-hydrogen) atoms. The molecule has 1 saturated heterocycles. The molecule has 0 spiro atoms. The minimum atomic E-state index is -0.990. The number of carbonyl (C=O) groups excluding carboxylic acids is 1. The van der Waals surface area contributed by atoms with E-state index in [1.807, 2.05) is 43.3 Å². The van der Waals surface area contributed by atoms with Crippen molar-refractivity contribution < 1.29 is 24.2 Å². The maximum atomic E-state index is 12.7. The number of nitrogens with zero attached hydrogens (tertiary/aromatic N) is 2. The van der Waals surface area contributed by atoms with Crippen LogP contribution in [0, 0.1) is 0 Å². The summed E-state index contributed by atoms with van der Waals surface area (Å²) in [6.45, 7) is 7.39. The Kier molecular flexibility index (Phi) is 8.51. The van der Waals surface area contributed by atoms with Gasteiger partial charge in [0, 0.05) is 6.54 Å². The van der Waals surface area contributed by atoms with Gasteiger partial charge in [-0.25, -0.2) is 4.98 Å². The number of benzene rings is 2. The van der Waals surface area contributed by atoms with Crippen molar-refractivity contribution in [2.24, 2.45) is 0 Å². The number of carboxylic acids is 1. The van der Waals surface area contributed by atoms with Crippen LogP contribution in [-0.4, -0.2) is 47.8 Å². The molecule has 0 aliphatic carbocycles. The molecule has 0 bridgehead atoms. The van der Waals surface area contributed by atoms with Gasteiger partial charge in [0.05, 0.1) is 25.0 Å². The van der Waals surface area contributed by atoms with E-state index >= 15 is 0 Å². The second-order valence-corrected chi connectivity index (χ2v) is 9.94. The summed E-state index contributed by atoms with van der Waals surface area (Å²) in [5.41, 5.74) is 0.497. The summed E-state index contributed by atoms with van der Waals surface area (Å²) < 4.78 is 12.0. The average Bonchev–Trinajstić information content (AvgIpc) is 2.90. The highest BCUT2D eigenvalue weighted by molar-refractivity contribution is 5.91. The first-order valence-electron chi connectivity index (χ1n) is 13.0. The van der Waals surface area contributed by atoms with E-state index in [0.29, 0.717) is 24.5 Å². The number of hydrogen-bond donors (Lipinski definition) is 2. The van der Waals surface area contributed by atoms with Crippen molar-refractivity contribution >= 4 is 23.5 Å². The monoisotopic (exact) mass is 517 g/mol. The molecule has 8 heteroatoms. The zero-order valence-electron chi connectivity index (χ0n) is 22.1. The molecule has 0 radical (unpaired) electrons. The van der Waals surface area contributed by atoms with Crippen LogP contribution in [0.15, 0.2) is 66.7 Å². The Labute approximate surface area is 223 Å². The van der Waals surface area contributed by atoms with Crippen LogP contribution in [0.1, 0.15) is 44.7 Å². The summed E-state index contributed by atoms with van der Waals surface area (Å²) >= 11 is 0. The van der Waals surface area contributed by atoms with E-state index in [9.17, 15) is 14.7 Å². The molecule has 2 N–H and O–H groups in total. The Hall–Kier alpha value is -4.07. The largest absolute Gasteiger partial charge is 0.490 e. The lowest BCUT2D eigenvalue weighted by Crippen LogP contribution is -2.41. The van der Waals surface area contributed by atoms with Gasteiger partial charge >= 0.3 is 5.97 Å². The molecule has 2 aromatic carbocycles. The SMILES string of the molecule is CCOc1ccccc1O[C@@H]1CCCN(c2cccc(NC(=O)Cc3ccc(C(C)(C)C(=O)O)cc3)n2)C1. The first-order chi connectivity index (χ1) is 18.3. The molecule has 0 saturated carbocycles. The quantitative estimate of drug-likeness (QED) is 0.387. The van der Waals surface area contributed by atoms with Crippen LogP contribution in [-0.2, 0) is 21.4 Å². The van der Waals surface area contributed by atoms with Gasteiger partial charge in [-0.05, 0) is 69.0 Å². The fourth-order valence-corrected chi connectivity index (χ4v) is 4.45. The van der Waals surface area contributed by atoms with Crippen molar-refractivity contribution in [3.63, 3.8) is 0 Å². The molecule has 4 rings (SSSR count). The number of rotatable bonds is 10. The number of hydrogen-bond acceptors (Lipinski definition) is 6. The number of amides is 1. The number of aromatic nitrogens is 1. The first-order valence-corrected chi connectivity index (χ1v) is 13.0. The highest BCUT2D eigenvalue weighted by Crippen LogP contribution is 2.30. The summed E-state index contributed by atoms with van der Waals surface area (Å²) in [5, 5.41) is 12.3. The van der Waals surface area contributed by atoms with Gasteiger partial charge < -0.3 is 24.8 Å². The number of nitrogens with one attached hydrogen (secondary N) is 1. The summed E-state index contributed by atoms with van der Waals surface area (Å²) in [6.07, 6.45) is 2.07. The summed E-state index contributed by atoms with van der Waals surface area (Å²) in [6, 6.07) is 20.4. The minimum absolute atomic E-state index is 0.000482. The van der Waals surface area contributed by atoms with Crippen molar-refractivity contribution in [1.82, 2.24) is 4.98 Å². The Bertz CT molecular complexity index is 1260. The number of carbonyl (C=O) groups is 2. The average molecular weight is 518 g/mol.